The summed E-state index contributed by atoms with van der Waals surface area (Å²) in [5.41, 5.74) is 2.73. The Labute approximate surface area is 299 Å². The first-order chi connectivity index (χ1) is 19.9. The number of piperidine rings is 1. The van der Waals surface area contributed by atoms with Gasteiger partial charge in [-0.1, -0.05) is 46.6 Å². The average molecular weight is 599 g/mol. The van der Waals surface area contributed by atoms with E-state index in [4.69, 9.17) is 4.74 Å². The van der Waals surface area contributed by atoms with Crippen LogP contribution in [0.2, 0.25) is 0 Å². The molecule has 42 heavy (non-hydrogen) atoms. The molecule has 7 heteroatoms. The maximum absolute atomic E-state index is 11.6. The summed E-state index contributed by atoms with van der Waals surface area (Å²) in [7, 11) is 2.18. The number of carbonyl (C=O) groups excluding carboxylic acids is 1. The Bertz CT molecular complexity index is 1050. The summed E-state index contributed by atoms with van der Waals surface area (Å²) >= 11 is 0. The summed E-state index contributed by atoms with van der Waals surface area (Å²) in [6.07, 6.45) is 16.3. The number of hydrogen-bond donors (Lipinski definition) is 1. The Balaban J connectivity index is 0.000000765. The van der Waals surface area contributed by atoms with Crippen LogP contribution in [0.25, 0.3) is 0 Å². The van der Waals surface area contributed by atoms with Crippen LogP contribution >= 0.6 is 0 Å². The molecule has 1 aromatic carbocycles. The van der Waals surface area contributed by atoms with Gasteiger partial charge in [0.05, 0.1) is 19.4 Å². The summed E-state index contributed by atoms with van der Waals surface area (Å²) < 4.78 is 5.95. The van der Waals surface area contributed by atoms with Gasteiger partial charge in [0.15, 0.2) is 5.91 Å². The number of nitrogens with one attached hydrogen (secondary N) is 1. The van der Waals surface area contributed by atoms with Crippen LogP contribution in [0.15, 0.2) is 70.4 Å². The van der Waals surface area contributed by atoms with Gasteiger partial charge in [0, 0.05) is 6.54 Å². The number of amides is 1. The molecular formula is C35H51KN4O2-2. The van der Waals surface area contributed by atoms with E-state index in [9.17, 15) is 4.79 Å². The topological polar surface area (TPSA) is 66.3 Å². The first-order valence-electron chi connectivity index (χ1n) is 15.0. The van der Waals surface area contributed by atoms with Gasteiger partial charge in [-0.05, 0) is 57.0 Å². The first-order valence-corrected chi connectivity index (χ1v) is 15.0. The molecule has 1 unspecified atom stereocenters. The van der Waals surface area contributed by atoms with Crippen LogP contribution in [0.5, 0.6) is 0 Å². The summed E-state index contributed by atoms with van der Waals surface area (Å²) in [4.78, 5) is 22.9. The number of rotatable bonds is 7. The van der Waals surface area contributed by atoms with Crippen molar-refractivity contribution in [1.82, 2.24) is 10.2 Å². The number of aliphatic imine (C=N–C) groups is 2. The van der Waals surface area contributed by atoms with E-state index >= 15 is 0 Å². The van der Waals surface area contributed by atoms with E-state index in [2.05, 4.69) is 60.3 Å². The smallest absolute Gasteiger partial charge is 0.521 e. The normalized spacial score (nSPS) is 18.2. The molecule has 3 aliphatic rings. The molecule has 2 heterocycles. The maximum Gasteiger partial charge on any atom is 1.00 e. The van der Waals surface area contributed by atoms with Crippen molar-refractivity contribution in [3.63, 3.8) is 0 Å². The van der Waals surface area contributed by atoms with Crippen LogP contribution in [0, 0.1) is 31.4 Å². The number of nitrogens with zero attached hydrogens (tertiary/aromatic N) is 3. The Morgan fingerprint density at radius 1 is 1.21 bits per heavy atom. The molecule has 1 amide bonds. The van der Waals surface area contributed by atoms with Gasteiger partial charge in [-0.3, -0.25) is 22.4 Å². The second-order valence-corrected chi connectivity index (χ2v) is 9.99. The predicted octanol–water partition coefficient (Wildman–Crippen LogP) is 3.81. The second kappa shape index (κ2) is 24.7. The molecule has 1 saturated heterocycles. The quantitative estimate of drug-likeness (QED) is 0.384. The monoisotopic (exact) mass is 598 g/mol. The van der Waals surface area contributed by atoms with Gasteiger partial charge in [0.1, 0.15) is 11.6 Å². The van der Waals surface area contributed by atoms with Gasteiger partial charge in [-0.2, -0.15) is 30.7 Å². The fourth-order valence-corrected chi connectivity index (χ4v) is 4.22. The minimum absolute atomic E-state index is 0. The van der Waals surface area contributed by atoms with Crippen molar-refractivity contribution in [2.24, 2.45) is 21.8 Å². The molecule has 226 valence electrons. The van der Waals surface area contributed by atoms with Gasteiger partial charge >= 0.3 is 51.4 Å². The molecule has 0 bridgehead atoms. The minimum atomic E-state index is 0. The molecule has 1 N–H and O–H groups in total. The zero-order valence-electron chi connectivity index (χ0n) is 27.0. The third kappa shape index (κ3) is 16.2. The summed E-state index contributed by atoms with van der Waals surface area (Å²) in [5, 5.41) is 2.87. The molecular weight excluding hydrogens is 548 g/mol. The molecule has 0 aromatic heterocycles. The van der Waals surface area contributed by atoms with Crippen LogP contribution < -0.4 is 56.7 Å². The largest absolute Gasteiger partial charge is 1.00 e. The molecule has 0 spiro atoms. The SMILES string of the molecule is CC.CCCNC(=O)C1=CCCC(C)[C-]=C1.[CH-]=C.[CH2-]c1cccc(C2=NCC=C(OCC3CCN(C)CC3)C=N2)c1.[K+]. The molecule has 2 aliphatic heterocycles. The molecule has 0 saturated carbocycles. The van der Waals surface area contributed by atoms with Gasteiger partial charge in [-0.15, -0.1) is 17.6 Å². The van der Waals surface area contributed by atoms with Gasteiger partial charge in [-0.25, -0.2) is 11.1 Å². The van der Waals surface area contributed by atoms with Gasteiger partial charge in [0.2, 0.25) is 0 Å². The molecule has 1 atom stereocenters. The van der Waals surface area contributed by atoms with Crippen molar-refractivity contribution in [3.05, 3.63) is 91.1 Å². The summed E-state index contributed by atoms with van der Waals surface area (Å²) in [6, 6.07) is 7.96. The number of benzene rings is 1. The van der Waals surface area contributed by atoms with Gasteiger partial charge < -0.3 is 21.5 Å². The first kappa shape index (κ1) is 40.3. The van der Waals surface area contributed by atoms with Crippen molar-refractivity contribution >= 4 is 18.0 Å². The maximum atomic E-state index is 11.6. The van der Waals surface area contributed by atoms with E-state index in [-0.39, 0.29) is 57.3 Å². The number of amidine groups is 1. The van der Waals surface area contributed by atoms with Gasteiger partial charge in [0.25, 0.3) is 0 Å². The third-order valence-corrected chi connectivity index (χ3v) is 6.64. The molecule has 1 fully saturated rings. The fourth-order valence-electron chi connectivity index (χ4n) is 4.22. The standard InChI is InChI=1S/C19H24N3O.C12H18NO.C2H6.C2H3.K/c1-15-4-3-5-17(12-15)19-20-9-6-18(13-21-19)23-14-16-7-10-22(2)11-8-16;1-3-9-13-12(14)11-6-4-5-10(2)7-8-11;2*1-2;/h3-6,12-13,16H,1,7-11,14H2,2H3;6,8,10H,3-5,9H2,1-2H3,(H,13,14);1-2H3;1H,2H2;/q2*-1;;-1;+1. The predicted molar refractivity (Wildman–Crippen MR) is 174 cm³/mol. The van der Waals surface area contributed by atoms with Crippen LogP contribution in [-0.2, 0) is 9.53 Å². The molecule has 0 radical (unpaired) electrons. The van der Waals surface area contributed by atoms with Crippen molar-refractivity contribution < 1.29 is 60.9 Å². The van der Waals surface area contributed by atoms with E-state index in [0.29, 0.717) is 18.4 Å². The van der Waals surface area contributed by atoms with E-state index in [1.54, 1.807) is 6.21 Å². The molecule has 1 aromatic rings. The Kier molecular flexibility index (Phi) is 23.6. The van der Waals surface area contributed by atoms with Crippen LogP contribution in [0.3, 0.4) is 0 Å². The minimum Gasteiger partial charge on any atom is -0.521 e. The van der Waals surface area contributed by atoms with Crippen LogP contribution in [0.4, 0.5) is 0 Å². The fraction of sp³-hybridized carbons (Fsp3) is 0.486. The Morgan fingerprint density at radius 3 is 2.60 bits per heavy atom. The third-order valence-electron chi connectivity index (χ3n) is 6.64. The van der Waals surface area contributed by atoms with Crippen LogP contribution in [0.1, 0.15) is 70.9 Å². The molecule has 6 nitrogen and oxygen atoms in total. The van der Waals surface area contributed by atoms with Crippen molar-refractivity contribution in [2.45, 2.75) is 59.8 Å². The number of hydrogen-bond acceptors (Lipinski definition) is 5. The Hall–Kier alpha value is -1.74. The number of ether oxygens (including phenoxy) is 1. The van der Waals surface area contributed by atoms with E-state index in [1.807, 2.05) is 63.3 Å². The van der Waals surface area contributed by atoms with Crippen molar-refractivity contribution in [1.29, 1.82) is 0 Å². The zero-order valence-corrected chi connectivity index (χ0v) is 30.1. The van der Waals surface area contributed by atoms with E-state index in [0.717, 1.165) is 73.8 Å². The van der Waals surface area contributed by atoms with Crippen LogP contribution in [-0.4, -0.2) is 62.7 Å². The number of carbonyl (C=O) groups is 1. The van der Waals surface area contributed by atoms with Crippen molar-refractivity contribution in [3.8, 4) is 0 Å². The summed E-state index contributed by atoms with van der Waals surface area (Å²) in [6.45, 7) is 23.6. The zero-order chi connectivity index (χ0) is 30.5. The number of likely N-dealkylation sites (tertiary alicyclic amines) is 1. The molecule has 4 rings (SSSR count). The van der Waals surface area contributed by atoms with E-state index in [1.165, 1.54) is 12.8 Å². The molecule has 1 aliphatic carbocycles. The van der Waals surface area contributed by atoms with E-state index < -0.39 is 0 Å². The average Bonchev–Trinajstić information content (AvgIpc) is 3.38. The van der Waals surface area contributed by atoms with Crippen molar-refractivity contribution in [2.75, 3.05) is 39.8 Å². The number of allylic oxidation sites excluding steroid dienone is 3. The second-order valence-electron chi connectivity index (χ2n) is 9.99. The summed E-state index contributed by atoms with van der Waals surface area (Å²) in [5.74, 6) is 2.71. The Morgan fingerprint density at radius 2 is 1.93 bits per heavy atom.